The number of thiophene rings is 1. The molecule has 0 unspecified atom stereocenters. The molecule has 0 saturated carbocycles. The van der Waals surface area contributed by atoms with Crippen molar-refractivity contribution < 1.29 is 14.7 Å². The zero-order valence-electron chi connectivity index (χ0n) is 16.8. The van der Waals surface area contributed by atoms with E-state index in [1.165, 1.54) is 11.8 Å². The van der Waals surface area contributed by atoms with E-state index in [-0.39, 0.29) is 12.3 Å². The summed E-state index contributed by atoms with van der Waals surface area (Å²) in [5, 5.41) is 12.0. The molecule has 3 rings (SSSR count). The molecule has 1 aliphatic heterocycles. The summed E-state index contributed by atoms with van der Waals surface area (Å²) in [5.74, 6) is -0.865. The van der Waals surface area contributed by atoms with Crippen LogP contribution in [0.1, 0.15) is 43.9 Å². The normalized spacial score (nSPS) is 15.6. The fourth-order valence-corrected chi connectivity index (χ4v) is 6.25. The highest BCUT2D eigenvalue weighted by Gasteiger charge is 2.34. The second-order valence-electron chi connectivity index (χ2n) is 7.01. The van der Waals surface area contributed by atoms with Crippen LogP contribution >= 0.6 is 58.5 Å². The van der Waals surface area contributed by atoms with Gasteiger partial charge in [0.25, 0.3) is 5.91 Å². The number of allylic oxidation sites excluding steroid dienone is 1. The predicted molar refractivity (Wildman–Crippen MR) is 135 cm³/mol. The molecule has 1 aliphatic rings. The van der Waals surface area contributed by atoms with Crippen molar-refractivity contribution >= 4 is 80.3 Å². The van der Waals surface area contributed by atoms with Crippen LogP contribution in [0.4, 0.5) is 0 Å². The third kappa shape index (κ3) is 5.90. The number of carbonyl (C=O) groups excluding carboxylic acids is 1. The lowest BCUT2D eigenvalue weighted by Crippen LogP contribution is -2.29. The standard InChI is InChI=1S/C22H21Cl2NO3S3/c1-2-15(18-10-13(12-30-18)16-11-14(23)7-8-17(16)24)20-21(28)25(22(29)31-20)9-5-3-4-6-19(26)27/h7-8,10-12H,2-6,9H2,1H3,(H,26,27)/b20-15-. The number of hydrogen-bond acceptors (Lipinski definition) is 5. The van der Waals surface area contributed by atoms with E-state index in [0.29, 0.717) is 38.7 Å². The fourth-order valence-electron chi connectivity index (χ4n) is 3.30. The molecule has 0 bridgehead atoms. The molecule has 1 aromatic carbocycles. The summed E-state index contributed by atoms with van der Waals surface area (Å²) < 4.78 is 0.554. The number of hydrogen-bond donors (Lipinski definition) is 1. The van der Waals surface area contributed by atoms with Crippen LogP contribution in [0.15, 0.2) is 34.6 Å². The summed E-state index contributed by atoms with van der Waals surface area (Å²) in [7, 11) is 0. The lowest BCUT2D eigenvalue weighted by Gasteiger charge is -2.14. The van der Waals surface area contributed by atoms with Crippen LogP contribution in [0.3, 0.4) is 0 Å². The molecule has 1 N–H and O–H groups in total. The van der Waals surface area contributed by atoms with Gasteiger partial charge in [-0.25, -0.2) is 0 Å². The molecule has 1 fully saturated rings. The van der Waals surface area contributed by atoms with E-state index in [1.807, 2.05) is 24.4 Å². The quantitative estimate of drug-likeness (QED) is 0.215. The number of carbonyl (C=O) groups is 2. The van der Waals surface area contributed by atoms with Gasteiger partial charge in [0.15, 0.2) is 0 Å². The van der Waals surface area contributed by atoms with Gasteiger partial charge in [-0.15, -0.1) is 11.3 Å². The molecule has 0 atom stereocenters. The molecule has 4 nitrogen and oxygen atoms in total. The van der Waals surface area contributed by atoms with Crippen molar-refractivity contribution in [2.45, 2.75) is 39.0 Å². The number of halogens is 2. The molecule has 164 valence electrons. The smallest absolute Gasteiger partial charge is 0.303 e. The number of thiocarbonyl (C=S) groups is 1. The Hall–Kier alpha value is -1.38. The predicted octanol–water partition coefficient (Wildman–Crippen LogP) is 7.35. The Morgan fingerprint density at radius 3 is 2.68 bits per heavy atom. The van der Waals surface area contributed by atoms with E-state index in [9.17, 15) is 9.59 Å². The lowest BCUT2D eigenvalue weighted by atomic mass is 10.1. The average molecular weight is 515 g/mol. The van der Waals surface area contributed by atoms with Crippen LogP contribution in [0, 0.1) is 0 Å². The van der Waals surface area contributed by atoms with Crippen molar-refractivity contribution in [3.8, 4) is 11.1 Å². The zero-order valence-corrected chi connectivity index (χ0v) is 20.8. The van der Waals surface area contributed by atoms with Gasteiger partial charge >= 0.3 is 5.97 Å². The van der Waals surface area contributed by atoms with Crippen molar-refractivity contribution in [2.75, 3.05) is 6.54 Å². The molecule has 1 amide bonds. The number of amides is 1. The Kier molecular flexibility index (Phi) is 8.58. The molecule has 0 radical (unpaired) electrons. The van der Waals surface area contributed by atoms with Gasteiger partial charge < -0.3 is 5.11 Å². The van der Waals surface area contributed by atoms with Gasteiger partial charge in [-0.3, -0.25) is 14.5 Å². The Balaban J connectivity index is 1.78. The Labute approximate surface area is 205 Å². The summed E-state index contributed by atoms with van der Waals surface area (Å²) in [4.78, 5) is 27.0. The zero-order chi connectivity index (χ0) is 22.5. The van der Waals surface area contributed by atoms with Crippen LogP contribution in [-0.4, -0.2) is 32.7 Å². The number of carboxylic acids is 1. The van der Waals surface area contributed by atoms with Gasteiger partial charge in [-0.2, -0.15) is 0 Å². The number of carboxylic acid groups (broad SMARTS) is 1. The highest BCUT2D eigenvalue weighted by Crippen LogP contribution is 2.42. The number of unbranched alkanes of at least 4 members (excludes halogenated alkanes) is 2. The first-order chi connectivity index (χ1) is 14.8. The number of nitrogens with zero attached hydrogens (tertiary/aromatic N) is 1. The van der Waals surface area contributed by atoms with Gasteiger partial charge in [0.05, 0.1) is 4.91 Å². The summed E-state index contributed by atoms with van der Waals surface area (Å²) in [6, 6.07) is 7.41. The van der Waals surface area contributed by atoms with Crippen molar-refractivity contribution in [1.82, 2.24) is 4.90 Å². The minimum absolute atomic E-state index is 0.0687. The highest BCUT2D eigenvalue weighted by molar-refractivity contribution is 8.26. The molecule has 2 aromatic rings. The van der Waals surface area contributed by atoms with E-state index in [0.717, 1.165) is 34.4 Å². The largest absolute Gasteiger partial charge is 0.481 e. The number of thioether (sulfide) groups is 1. The van der Waals surface area contributed by atoms with Crippen LogP contribution in [0.25, 0.3) is 16.7 Å². The van der Waals surface area contributed by atoms with Crippen molar-refractivity contribution in [1.29, 1.82) is 0 Å². The third-order valence-corrected chi connectivity index (χ3v) is 7.93. The second-order valence-corrected chi connectivity index (χ2v) is 10.4. The van der Waals surface area contributed by atoms with E-state index in [1.54, 1.807) is 28.4 Å². The fraction of sp³-hybridized carbons (Fsp3) is 0.318. The minimum atomic E-state index is -0.796. The SMILES string of the molecule is CC/C(=C1/SC(=S)N(CCCCCC(=O)O)C1=O)c1cc(-c2cc(Cl)ccc2Cl)cs1. The molecule has 31 heavy (non-hydrogen) atoms. The highest BCUT2D eigenvalue weighted by atomic mass is 35.5. The van der Waals surface area contributed by atoms with Gasteiger partial charge in [0, 0.05) is 33.5 Å². The van der Waals surface area contributed by atoms with Crippen LogP contribution in [0.2, 0.25) is 10.0 Å². The number of aliphatic carboxylic acids is 1. The topological polar surface area (TPSA) is 57.6 Å². The summed E-state index contributed by atoms with van der Waals surface area (Å²) >= 11 is 20.8. The third-order valence-electron chi connectivity index (χ3n) is 4.89. The summed E-state index contributed by atoms with van der Waals surface area (Å²) in [6.07, 6.45) is 2.93. The van der Waals surface area contributed by atoms with Gasteiger partial charge in [-0.1, -0.05) is 60.5 Å². The number of benzene rings is 1. The molecule has 0 spiro atoms. The Bertz CT molecular complexity index is 1050. The van der Waals surface area contributed by atoms with Crippen molar-refractivity contribution in [2.24, 2.45) is 0 Å². The minimum Gasteiger partial charge on any atom is -0.481 e. The maximum atomic E-state index is 13.1. The van der Waals surface area contributed by atoms with E-state index < -0.39 is 5.97 Å². The maximum Gasteiger partial charge on any atom is 0.303 e. The van der Waals surface area contributed by atoms with Gasteiger partial charge in [0.2, 0.25) is 0 Å². The molecular formula is C22H21Cl2NO3S3. The first-order valence-electron chi connectivity index (χ1n) is 9.84. The van der Waals surface area contributed by atoms with E-state index in [2.05, 4.69) is 0 Å². The van der Waals surface area contributed by atoms with E-state index >= 15 is 0 Å². The monoisotopic (exact) mass is 513 g/mol. The molecule has 0 aliphatic carbocycles. The second kappa shape index (κ2) is 11.0. The summed E-state index contributed by atoms with van der Waals surface area (Å²) in [6.45, 7) is 2.54. The Morgan fingerprint density at radius 1 is 1.19 bits per heavy atom. The van der Waals surface area contributed by atoms with Crippen LogP contribution in [-0.2, 0) is 9.59 Å². The molecule has 1 aromatic heterocycles. The molecule has 2 heterocycles. The number of rotatable bonds is 9. The summed E-state index contributed by atoms with van der Waals surface area (Å²) in [5.41, 5.74) is 2.80. The molecular weight excluding hydrogens is 493 g/mol. The first kappa shape index (κ1) is 24.3. The van der Waals surface area contributed by atoms with Gasteiger partial charge in [-0.05, 0) is 60.0 Å². The van der Waals surface area contributed by atoms with E-state index in [4.69, 9.17) is 40.5 Å². The lowest BCUT2D eigenvalue weighted by molar-refractivity contribution is -0.137. The first-order valence-corrected chi connectivity index (χ1v) is 12.7. The van der Waals surface area contributed by atoms with Crippen molar-refractivity contribution in [3.05, 3.63) is 49.5 Å². The van der Waals surface area contributed by atoms with Gasteiger partial charge in [0.1, 0.15) is 4.32 Å². The molecule has 1 saturated heterocycles. The van der Waals surface area contributed by atoms with Crippen LogP contribution < -0.4 is 0 Å². The maximum absolute atomic E-state index is 13.1. The Morgan fingerprint density at radius 2 is 1.97 bits per heavy atom. The molecule has 9 heteroatoms. The van der Waals surface area contributed by atoms with Crippen LogP contribution in [0.5, 0.6) is 0 Å². The van der Waals surface area contributed by atoms with Crippen molar-refractivity contribution in [3.63, 3.8) is 0 Å². The average Bonchev–Trinajstić information content (AvgIpc) is 3.30.